The van der Waals surface area contributed by atoms with E-state index in [0.717, 1.165) is 49.4 Å². The molecule has 0 unspecified atom stereocenters. The fourth-order valence-electron chi connectivity index (χ4n) is 4.09. The van der Waals surface area contributed by atoms with Gasteiger partial charge in [0.25, 0.3) is 0 Å². The summed E-state index contributed by atoms with van der Waals surface area (Å²) in [6.07, 6.45) is 2.74. The quantitative estimate of drug-likeness (QED) is 0.842. The van der Waals surface area contributed by atoms with E-state index in [1.54, 1.807) is 0 Å². The number of benzene rings is 1. The molecule has 2 aliphatic heterocycles. The minimum absolute atomic E-state index is 0.0168. The molecule has 0 radical (unpaired) electrons. The third-order valence-corrected chi connectivity index (χ3v) is 5.83. The average Bonchev–Trinajstić information content (AvgIpc) is 2.74. The molecule has 29 heavy (non-hydrogen) atoms. The van der Waals surface area contributed by atoms with Crippen LogP contribution in [-0.2, 0) is 4.79 Å². The topological polar surface area (TPSA) is 63.7 Å². The van der Waals surface area contributed by atoms with Gasteiger partial charge < -0.3 is 14.8 Å². The SMILES string of the molecule is Cc1cccc(OC2CCN([C@@H](C)C(=O)N[C@@H]3CCOc4ccccc43)CC2)n1. The number of para-hydroxylation sites is 1. The third kappa shape index (κ3) is 4.70. The maximum Gasteiger partial charge on any atom is 0.237 e. The lowest BCUT2D eigenvalue weighted by atomic mass is 10.00. The second kappa shape index (κ2) is 8.82. The summed E-state index contributed by atoms with van der Waals surface area (Å²) in [4.78, 5) is 19.6. The first-order chi connectivity index (χ1) is 14.1. The molecule has 1 N–H and O–H groups in total. The standard InChI is InChI=1S/C23H29N3O3/c1-16-6-5-9-22(24-16)29-18-10-13-26(14-11-18)17(2)23(27)25-20-12-15-28-21-8-4-3-7-19(20)21/h3-9,17-18,20H,10-15H2,1-2H3,(H,25,27)/t17-,20+/m0/s1. The zero-order valence-electron chi connectivity index (χ0n) is 17.1. The van der Waals surface area contributed by atoms with E-state index in [0.29, 0.717) is 12.5 Å². The van der Waals surface area contributed by atoms with Crippen molar-refractivity contribution < 1.29 is 14.3 Å². The first-order valence-electron chi connectivity index (χ1n) is 10.5. The van der Waals surface area contributed by atoms with Gasteiger partial charge in [-0.25, -0.2) is 4.98 Å². The minimum Gasteiger partial charge on any atom is -0.493 e. The van der Waals surface area contributed by atoms with Crippen LogP contribution in [-0.4, -0.2) is 47.6 Å². The van der Waals surface area contributed by atoms with Crippen LogP contribution in [0.5, 0.6) is 11.6 Å². The Labute approximate surface area is 172 Å². The fraction of sp³-hybridized carbons (Fsp3) is 0.478. The first kappa shape index (κ1) is 19.7. The molecule has 0 spiro atoms. The number of carbonyl (C=O) groups is 1. The summed E-state index contributed by atoms with van der Waals surface area (Å²) in [5, 5.41) is 3.23. The number of hydrogen-bond acceptors (Lipinski definition) is 5. The summed E-state index contributed by atoms with van der Waals surface area (Å²) in [6.45, 7) is 6.27. The van der Waals surface area contributed by atoms with Crippen molar-refractivity contribution in [3.8, 4) is 11.6 Å². The molecule has 6 heteroatoms. The van der Waals surface area contributed by atoms with E-state index in [-0.39, 0.29) is 24.1 Å². The molecule has 1 aromatic heterocycles. The van der Waals surface area contributed by atoms with Crippen molar-refractivity contribution in [1.29, 1.82) is 0 Å². The third-order valence-electron chi connectivity index (χ3n) is 5.83. The van der Waals surface area contributed by atoms with Crippen LogP contribution in [0.4, 0.5) is 0 Å². The van der Waals surface area contributed by atoms with Crippen LogP contribution in [0, 0.1) is 6.92 Å². The van der Waals surface area contributed by atoms with Crippen molar-refractivity contribution in [2.45, 2.75) is 51.3 Å². The summed E-state index contributed by atoms with van der Waals surface area (Å²) >= 11 is 0. The number of rotatable bonds is 5. The number of hydrogen-bond donors (Lipinski definition) is 1. The van der Waals surface area contributed by atoms with Crippen LogP contribution in [0.1, 0.15) is 43.5 Å². The smallest absolute Gasteiger partial charge is 0.237 e. The minimum atomic E-state index is -0.164. The molecule has 6 nitrogen and oxygen atoms in total. The number of amides is 1. The van der Waals surface area contributed by atoms with Gasteiger partial charge in [-0.1, -0.05) is 24.3 Å². The Morgan fingerprint density at radius 1 is 1.17 bits per heavy atom. The van der Waals surface area contributed by atoms with Gasteiger partial charge in [-0.3, -0.25) is 9.69 Å². The van der Waals surface area contributed by atoms with Gasteiger partial charge in [0.2, 0.25) is 11.8 Å². The Kier molecular flexibility index (Phi) is 6.00. The molecular formula is C23H29N3O3. The molecule has 0 bridgehead atoms. The highest BCUT2D eigenvalue weighted by Crippen LogP contribution is 2.31. The Balaban J connectivity index is 1.29. The van der Waals surface area contributed by atoms with Gasteiger partial charge in [0.15, 0.2) is 0 Å². The highest BCUT2D eigenvalue weighted by atomic mass is 16.5. The average molecular weight is 396 g/mol. The highest BCUT2D eigenvalue weighted by molar-refractivity contribution is 5.82. The van der Waals surface area contributed by atoms with Crippen LogP contribution < -0.4 is 14.8 Å². The van der Waals surface area contributed by atoms with E-state index in [9.17, 15) is 4.79 Å². The molecule has 1 amide bonds. The van der Waals surface area contributed by atoms with E-state index >= 15 is 0 Å². The van der Waals surface area contributed by atoms with E-state index in [1.165, 1.54) is 0 Å². The number of aryl methyl sites for hydroxylation is 1. The Morgan fingerprint density at radius 2 is 1.97 bits per heavy atom. The van der Waals surface area contributed by atoms with Gasteiger partial charge in [0, 0.05) is 36.8 Å². The number of nitrogens with zero attached hydrogens (tertiary/aromatic N) is 2. The summed E-state index contributed by atoms with van der Waals surface area (Å²) in [6, 6.07) is 13.6. The number of fused-ring (bicyclic) bond motifs is 1. The van der Waals surface area contributed by atoms with E-state index in [1.807, 2.05) is 56.3 Å². The lowest BCUT2D eigenvalue weighted by Gasteiger charge is -2.36. The highest BCUT2D eigenvalue weighted by Gasteiger charge is 2.30. The molecule has 1 saturated heterocycles. The lowest BCUT2D eigenvalue weighted by molar-refractivity contribution is -0.127. The molecule has 2 atom stereocenters. The number of carbonyl (C=O) groups excluding carboxylic acids is 1. The van der Waals surface area contributed by atoms with Crippen LogP contribution >= 0.6 is 0 Å². The van der Waals surface area contributed by atoms with Gasteiger partial charge in [-0.2, -0.15) is 0 Å². The van der Waals surface area contributed by atoms with Crippen LogP contribution in [0.3, 0.4) is 0 Å². The molecule has 3 heterocycles. The lowest BCUT2D eigenvalue weighted by Crippen LogP contribution is -2.50. The molecular weight excluding hydrogens is 366 g/mol. The molecule has 1 fully saturated rings. The zero-order valence-corrected chi connectivity index (χ0v) is 17.1. The van der Waals surface area contributed by atoms with E-state index in [4.69, 9.17) is 9.47 Å². The Bertz CT molecular complexity index is 849. The predicted octanol–water partition coefficient (Wildman–Crippen LogP) is 3.26. The largest absolute Gasteiger partial charge is 0.493 e. The van der Waals surface area contributed by atoms with Gasteiger partial charge in [0.1, 0.15) is 11.9 Å². The Morgan fingerprint density at radius 3 is 2.76 bits per heavy atom. The predicted molar refractivity (Wildman–Crippen MR) is 111 cm³/mol. The summed E-state index contributed by atoms with van der Waals surface area (Å²) in [7, 11) is 0. The Hall–Kier alpha value is -2.60. The van der Waals surface area contributed by atoms with E-state index < -0.39 is 0 Å². The van der Waals surface area contributed by atoms with Crippen LogP contribution in [0.15, 0.2) is 42.5 Å². The number of nitrogens with one attached hydrogen (secondary N) is 1. The maximum absolute atomic E-state index is 12.9. The van der Waals surface area contributed by atoms with Crippen molar-refractivity contribution in [3.05, 3.63) is 53.7 Å². The summed E-state index contributed by atoms with van der Waals surface area (Å²) in [5.41, 5.74) is 2.02. The van der Waals surface area contributed by atoms with Gasteiger partial charge in [0.05, 0.1) is 18.7 Å². The zero-order chi connectivity index (χ0) is 20.2. The molecule has 154 valence electrons. The van der Waals surface area contributed by atoms with Crippen molar-refractivity contribution in [3.63, 3.8) is 0 Å². The van der Waals surface area contributed by atoms with Gasteiger partial charge >= 0.3 is 0 Å². The summed E-state index contributed by atoms with van der Waals surface area (Å²) in [5.74, 6) is 1.64. The van der Waals surface area contributed by atoms with Crippen molar-refractivity contribution in [1.82, 2.24) is 15.2 Å². The fourth-order valence-corrected chi connectivity index (χ4v) is 4.09. The number of ether oxygens (including phenoxy) is 2. The number of pyridine rings is 1. The van der Waals surface area contributed by atoms with Gasteiger partial charge in [-0.15, -0.1) is 0 Å². The maximum atomic E-state index is 12.9. The van der Waals surface area contributed by atoms with Crippen LogP contribution in [0.25, 0.3) is 0 Å². The molecule has 0 saturated carbocycles. The normalized spacial score (nSPS) is 21.0. The molecule has 0 aliphatic carbocycles. The number of likely N-dealkylation sites (tertiary alicyclic amines) is 1. The molecule has 1 aromatic carbocycles. The monoisotopic (exact) mass is 395 g/mol. The van der Waals surface area contributed by atoms with Gasteiger partial charge in [-0.05, 0) is 38.8 Å². The molecule has 4 rings (SSSR count). The van der Waals surface area contributed by atoms with Crippen molar-refractivity contribution >= 4 is 5.91 Å². The molecule has 2 aliphatic rings. The number of piperidine rings is 1. The van der Waals surface area contributed by atoms with Crippen molar-refractivity contribution in [2.75, 3.05) is 19.7 Å². The summed E-state index contributed by atoms with van der Waals surface area (Å²) < 4.78 is 11.7. The van der Waals surface area contributed by atoms with Crippen molar-refractivity contribution in [2.24, 2.45) is 0 Å². The first-order valence-corrected chi connectivity index (χ1v) is 10.5. The number of aromatic nitrogens is 1. The van der Waals surface area contributed by atoms with Crippen LogP contribution in [0.2, 0.25) is 0 Å². The van der Waals surface area contributed by atoms with E-state index in [2.05, 4.69) is 15.2 Å². The second-order valence-electron chi connectivity index (χ2n) is 7.88. The molecule has 2 aromatic rings. The second-order valence-corrected chi connectivity index (χ2v) is 7.88.